The number of esters is 1. The molecule has 2 fully saturated rings. The Morgan fingerprint density at radius 2 is 1.95 bits per heavy atom. The van der Waals surface area contributed by atoms with E-state index in [1.807, 2.05) is 0 Å². The first kappa shape index (κ1) is 14.8. The van der Waals surface area contributed by atoms with Gasteiger partial charge in [-0.25, -0.2) is 4.79 Å². The highest BCUT2D eigenvalue weighted by Gasteiger charge is 2.56. The smallest absolute Gasteiger partial charge is 0.407 e. The molecule has 2 saturated carbocycles. The molecule has 20 heavy (non-hydrogen) atoms. The zero-order valence-electron chi connectivity index (χ0n) is 12.3. The quantitative estimate of drug-likeness (QED) is 0.772. The summed E-state index contributed by atoms with van der Waals surface area (Å²) in [5, 5.41) is 2.68. The molecule has 2 bridgehead atoms. The second-order valence-electron chi connectivity index (χ2n) is 6.49. The minimum atomic E-state index is -0.619. The fourth-order valence-corrected chi connectivity index (χ4v) is 3.22. The topological polar surface area (TPSA) is 81.7 Å². The van der Waals surface area contributed by atoms with E-state index in [2.05, 4.69) is 5.32 Å². The fourth-order valence-electron chi connectivity index (χ4n) is 3.22. The summed E-state index contributed by atoms with van der Waals surface area (Å²) in [6.07, 6.45) is 0.437. The number of alkyl carbamates (subject to hydrolysis) is 1. The van der Waals surface area contributed by atoms with E-state index in [9.17, 15) is 14.4 Å². The zero-order valence-corrected chi connectivity index (χ0v) is 12.3. The Balaban J connectivity index is 2.09. The van der Waals surface area contributed by atoms with Crippen molar-refractivity contribution < 1.29 is 23.9 Å². The van der Waals surface area contributed by atoms with Crippen molar-refractivity contribution >= 4 is 17.8 Å². The van der Waals surface area contributed by atoms with Crippen molar-refractivity contribution in [3.8, 4) is 0 Å². The normalized spacial score (nSPS) is 32.1. The number of rotatable bonds is 2. The lowest BCUT2D eigenvalue weighted by Crippen LogP contribution is -2.50. The molecule has 0 saturated heterocycles. The van der Waals surface area contributed by atoms with Gasteiger partial charge < -0.3 is 14.8 Å². The maximum absolute atomic E-state index is 11.9. The number of hydrogen-bond acceptors (Lipinski definition) is 5. The first-order valence-electron chi connectivity index (χ1n) is 6.83. The molecule has 2 rings (SSSR count). The van der Waals surface area contributed by atoms with Crippen LogP contribution in [0.2, 0.25) is 0 Å². The Bertz CT molecular complexity index is 439. The van der Waals surface area contributed by atoms with Crippen molar-refractivity contribution in [2.45, 2.75) is 45.3 Å². The maximum Gasteiger partial charge on any atom is 0.407 e. The van der Waals surface area contributed by atoms with E-state index in [-0.39, 0.29) is 23.6 Å². The maximum atomic E-state index is 11.9. The number of carbonyl (C=O) groups excluding carboxylic acids is 3. The summed E-state index contributed by atoms with van der Waals surface area (Å²) in [7, 11) is 1.32. The highest BCUT2D eigenvalue weighted by Crippen LogP contribution is 2.47. The summed E-state index contributed by atoms with van der Waals surface area (Å²) in [5.74, 6) is -1.03. The van der Waals surface area contributed by atoms with Crippen LogP contribution in [0.1, 0.15) is 33.6 Å². The predicted octanol–water partition coefficient (Wildman–Crippen LogP) is 1.28. The van der Waals surface area contributed by atoms with E-state index in [4.69, 9.17) is 9.47 Å². The van der Waals surface area contributed by atoms with Gasteiger partial charge in [-0.15, -0.1) is 0 Å². The van der Waals surface area contributed by atoms with Gasteiger partial charge in [-0.2, -0.15) is 0 Å². The number of methoxy groups -OCH3 is 1. The lowest BCUT2D eigenvalue weighted by molar-refractivity contribution is -0.148. The average Bonchev–Trinajstić information content (AvgIpc) is 2.82. The largest absolute Gasteiger partial charge is 0.469 e. The highest BCUT2D eigenvalue weighted by atomic mass is 16.6. The van der Waals surface area contributed by atoms with Crippen molar-refractivity contribution in [2.24, 2.45) is 17.8 Å². The molecule has 1 amide bonds. The first-order chi connectivity index (χ1) is 9.23. The van der Waals surface area contributed by atoms with Gasteiger partial charge in [0.25, 0.3) is 0 Å². The minimum absolute atomic E-state index is 0.0279. The summed E-state index contributed by atoms with van der Waals surface area (Å²) >= 11 is 0. The van der Waals surface area contributed by atoms with Crippen LogP contribution in [-0.4, -0.2) is 36.6 Å². The summed E-state index contributed by atoms with van der Waals surface area (Å²) in [6, 6.07) is -0.511. The van der Waals surface area contributed by atoms with Crippen molar-refractivity contribution in [3.63, 3.8) is 0 Å². The number of nitrogens with one attached hydrogen (secondary N) is 1. The van der Waals surface area contributed by atoms with E-state index in [1.165, 1.54) is 7.11 Å². The van der Waals surface area contributed by atoms with E-state index >= 15 is 0 Å². The van der Waals surface area contributed by atoms with Crippen molar-refractivity contribution in [3.05, 3.63) is 0 Å². The van der Waals surface area contributed by atoms with Crippen LogP contribution in [0, 0.1) is 17.8 Å². The number of fused-ring (bicyclic) bond motifs is 2. The second kappa shape index (κ2) is 5.07. The van der Waals surface area contributed by atoms with Gasteiger partial charge in [0, 0.05) is 12.3 Å². The van der Waals surface area contributed by atoms with Crippen LogP contribution in [0.25, 0.3) is 0 Å². The summed E-state index contributed by atoms with van der Waals surface area (Å²) < 4.78 is 9.98. The van der Waals surface area contributed by atoms with Gasteiger partial charge in [-0.05, 0) is 33.1 Å². The molecule has 0 unspecified atom stereocenters. The molecule has 1 N–H and O–H groups in total. The molecule has 0 aromatic carbocycles. The van der Waals surface area contributed by atoms with Crippen LogP contribution in [-0.2, 0) is 19.1 Å². The van der Waals surface area contributed by atoms with E-state index in [1.54, 1.807) is 20.8 Å². The Morgan fingerprint density at radius 3 is 2.50 bits per heavy atom. The van der Waals surface area contributed by atoms with Crippen molar-refractivity contribution in [1.29, 1.82) is 0 Å². The number of carbonyl (C=O) groups is 3. The molecule has 0 spiro atoms. The predicted molar refractivity (Wildman–Crippen MR) is 69.9 cm³/mol. The number of ketones is 1. The molecule has 0 aromatic rings. The Morgan fingerprint density at radius 1 is 1.30 bits per heavy atom. The molecule has 6 nitrogen and oxygen atoms in total. The monoisotopic (exact) mass is 283 g/mol. The number of amides is 1. The van der Waals surface area contributed by atoms with Crippen molar-refractivity contribution in [2.75, 3.05) is 7.11 Å². The van der Waals surface area contributed by atoms with Gasteiger partial charge >= 0.3 is 12.1 Å². The third-order valence-electron chi connectivity index (χ3n) is 3.92. The van der Waals surface area contributed by atoms with E-state index < -0.39 is 23.7 Å². The Hall–Kier alpha value is -1.59. The second-order valence-corrected chi connectivity index (χ2v) is 6.49. The molecule has 0 aliphatic heterocycles. The molecule has 0 heterocycles. The summed E-state index contributed by atoms with van der Waals surface area (Å²) in [6.45, 7) is 5.28. The third-order valence-corrected chi connectivity index (χ3v) is 3.92. The molecule has 6 heteroatoms. The molecule has 2 aliphatic carbocycles. The lowest BCUT2D eigenvalue weighted by atomic mass is 9.84. The average molecular weight is 283 g/mol. The van der Waals surface area contributed by atoms with Gasteiger partial charge in [-0.1, -0.05) is 0 Å². The first-order valence-corrected chi connectivity index (χ1v) is 6.83. The van der Waals surface area contributed by atoms with Crippen LogP contribution in [0.4, 0.5) is 4.79 Å². The van der Waals surface area contributed by atoms with Gasteiger partial charge in [0.2, 0.25) is 0 Å². The van der Waals surface area contributed by atoms with Gasteiger partial charge in [0.05, 0.1) is 19.1 Å². The third kappa shape index (κ3) is 2.78. The molecular weight excluding hydrogens is 262 g/mol. The van der Waals surface area contributed by atoms with Gasteiger partial charge in [-0.3, -0.25) is 9.59 Å². The molecule has 4 atom stereocenters. The van der Waals surface area contributed by atoms with Crippen LogP contribution in [0.3, 0.4) is 0 Å². The van der Waals surface area contributed by atoms with E-state index in [0.29, 0.717) is 12.8 Å². The minimum Gasteiger partial charge on any atom is -0.469 e. The number of Topliss-reactive ketones (excluding diaryl/α,β-unsaturated/α-hetero) is 1. The van der Waals surface area contributed by atoms with Gasteiger partial charge in [0.15, 0.2) is 0 Å². The Labute approximate surface area is 118 Å². The van der Waals surface area contributed by atoms with Gasteiger partial charge in [0.1, 0.15) is 11.4 Å². The Kier molecular flexibility index (Phi) is 3.75. The van der Waals surface area contributed by atoms with Crippen LogP contribution in [0.15, 0.2) is 0 Å². The molecule has 112 valence electrons. The molecule has 0 radical (unpaired) electrons. The lowest BCUT2D eigenvalue weighted by Gasteiger charge is -2.30. The van der Waals surface area contributed by atoms with Crippen LogP contribution >= 0.6 is 0 Å². The van der Waals surface area contributed by atoms with Crippen LogP contribution < -0.4 is 5.32 Å². The SMILES string of the molecule is COC(=O)[C@H]1[C@@H]2CC(=O)[C@@H](C2)[C@H]1NC(=O)OC(C)(C)C. The van der Waals surface area contributed by atoms with Crippen molar-refractivity contribution in [1.82, 2.24) is 5.32 Å². The molecule has 0 aromatic heterocycles. The molecular formula is C14H21NO5. The highest BCUT2D eigenvalue weighted by molar-refractivity contribution is 5.90. The summed E-state index contributed by atoms with van der Waals surface area (Å²) in [4.78, 5) is 35.5. The number of ether oxygens (including phenoxy) is 2. The number of hydrogen-bond donors (Lipinski definition) is 1. The van der Waals surface area contributed by atoms with Crippen LogP contribution in [0.5, 0.6) is 0 Å². The fraction of sp³-hybridized carbons (Fsp3) is 0.786. The zero-order chi connectivity index (χ0) is 15.1. The summed E-state index contributed by atoms with van der Waals surface area (Å²) in [5.41, 5.74) is -0.619. The molecule has 2 aliphatic rings. The van der Waals surface area contributed by atoms with E-state index in [0.717, 1.165) is 0 Å². The standard InChI is InChI=1S/C14H21NO5/c1-14(2,3)20-13(18)15-11-8-5-7(6-9(8)16)10(11)12(17)19-4/h7-8,10-11H,5-6H2,1-4H3,(H,15,18)/t7-,8+,10-,11+/m0/s1.